The number of amides is 2. The molecule has 2 aromatic heterocycles. The zero-order valence-corrected chi connectivity index (χ0v) is 21.2. The zero-order valence-electron chi connectivity index (χ0n) is 21.2. The monoisotopic (exact) mass is 499 g/mol. The van der Waals surface area contributed by atoms with Gasteiger partial charge in [0.25, 0.3) is 11.8 Å². The van der Waals surface area contributed by atoms with Crippen LogP contribution in [0.15, 0.2) is 60.7 Å². The van der Waals surface area contributed by atoms with Crippen LogP contribution < -0.4 is 10.6 Å². The number of pyridine rings is 1. The van der Waals surface area contributed by atoms with E-state index in [0.717, 1.165) is 5.56 Å². The molecule has 2 amide bonds. The number of nitrogens with zero attached hydrogens (tertiary/aromatic N) is 3. The Morgan fingerprint density at radius 3 is 2.43 bits per heavy atom. The fraction of sp³-hybridized carbons (Fsp3) is 0.250. The Hall–Kier alpha value is -4.53. The lowest BCUT2D eigenvalue weighted by molar-refractivity contribution is -0.119. The minimum atomic E-state index is -0.668. The molecule has 0 aliphatic rings. The number of para-hydroxylation sites is 1. The predicted octanol–water partition coefficient (Wildman–Crippen LogP) is 4.13. The van der Waals surface area contributed by atoms with E-state index in [-0.39, 0.29) is 17.4 Å². The Labute approximate surface area is 214 Å². The van der Waals surface area contributed by atoms with Gasteiger partial charge in [-0.25, -0.2) is 9.78 Å². The number of carbonyl (C=O) groups excluding carboxylic acids is 3. The number of aromatic nitrogens is 3. The summed E-state index contributed by atoms with van der Waals surface area (Å²) in [5.74, 6) is -1.23. The highest BCUT2D eigenvalue weighted by Crippen LogP contribution is 2.27. The summed E-state index contributed by atoms with van der Waals surface area (Å²) in [6.45, 7) is 5.77. The average molecular weight is 500 g/mol. The van der Waals surface area contributed by atoms with E-state index in [9.17, 15) is 14.4 Å². The fourth-order valence-electron chi connectivity index (χ4n) is 3.94. The van der Waals surface area contributed by atoms with Crippen LogP contribution in [-0.4, -0.2) is 45.7 Å². The number of ether oxygens (including phenoxy) is 1. The van der Waals surface area contributed by atoms with E-state index in [1.807, 2.05) is 44.2 Å². The second kappa shape index (κ2) is 11.0. The van der Waals surface area contributed by atoms with Crippen LogP contribution in [0.25, 0.3) is 22.3 Å². The van der Waals surface area contributed by atoms with Crippen LogP contribution in [0.2, 0.25) is 0 Å². The van der Waals surface area contributed by atoms with Crippen molar-refractivity contribution in [3.8, 4) is 11.3 Å². The molecule has 0 unspecified atom stereocenters. The van der Waals surface area contributed by atoms with Gasteiger partial charge in [0, 0.05) is 19.2 Å². The smallest absolute Gasteiger partial charge is 0.339 e. The van der Waals surface area contributed by atoms with Crippen LogP contribution in [0.4, 0.5) is 5.69 Å². The van der Waals surface area contributed by atoms with E-state index < -0.39 is 18.5 Å². The largest absolute Gasteiger partial charge is 0.452 e. The van der Waals surface area contributed by atoms with Gasteiger partial charge in [-0.15, -0.1) is 0 Å². The quantitative estimate of drug-likeness (QED) is 0.352. The van der Waals surface area contributed by atoms with Crippen molar-refractivity contribution in [2.24, 2.45) is 13.0 Å². The van der Waals surface area contributed by atoms with E-state index in [1.165, 1.54) is 0 Å². The number of esters is 1. The first-order valence-electron chi connectivity index (χ1n) is 12.0. The highest BCUT2D eigenvalue weighted by Gasteiger charge is 2.21. The number of hydrogen-bond donors (Lipinski definition) is 2. The molecule has 9 heteroatoms. The Balaban J connectivity index is 1.52. The zero-order chi connectivity index (χ0) is 26.5. The molecule has 2 aromatic carbocycles. The minimum absolute atomic E-state index is 0.274. The molecule has 37 heavy (non-hydrogen) atoms. The molecule has 2 heterocycles. The molecule has 4 rings (SSSR count). The first-order valence-corrected chi connectivity index (χ1v) is 12.0. The van der Waals surface area contributed by atoms with Gasteiger partial charge in [0.2, 0.25) is 0 Å². The molecule has 190 valence electrons. The number of nitrogens with one attached hydrogen (secondary N) is 2. The third kappa shape index (κ3) is 5.83. The maximum absolute atomic E-state index is 13.2. The van der Waals surface area contributed by atoms with Crippen molar-refractivity contribution in [2.45, 2.75) is 20.8 Å². The Morgan fingerprint density at radius 2 is 1.70 bits per heavy atom. The third-order valence-corrected chi connectivity index (χ3v) is 5.71. The highest BCUT2D eigenvalue weighted by atomic mass is 16.5. The van der Waals surface area contributed by atoms with Gasteiger partial charge >= 0.3 is 5.97 Å². The summed E-state index contributed by atoms with van der Waals surface area (Å²) in [7, 11) is 1.76. The highest BCUT2D eigenvalue weighted by molar-refractivity contribution is 6.07. The molecule has 0 spiro atoms. The molecule has 0 saturated carbocycles. The molecule has 0 radical (unpaired) electrons. The minimum Gasteiger partial charge on any atom is -0.452 e. The normalized spacial score (nSPS) is 10.9. The van der Waals surface area contributed by atoms with Crippen LogP contribution in [-0.2, 0) is 16.6 Å². The van der Waals surface area contributed by atoms with Gasteiger partial charge in [0.1, 0.15) is 0 Å². The molecule has 0 saturated heterocycles. The molecule has 0 aliphatic carbocycles. The number of anilines is 1. The molecular formula is C28H29N5O4. The summed E-state index contributed by atoms with van der Waals surface area (Å²) in [4.78, 5) is 43.1. The lowest BCUT2D eigenvalue weighted by Crippen LogP contribution is -2.29. The second-order valence-corrected chi connectivity index (χ2v) is 9.10. The summed E-state index contributed by atoms with van der Waals surface area (Å²) < 4.78 is 7.00. The van der Waals surface area contributed by atoms with E-state index in [2.05, 4.69) is 20.7 Å². The molecule has 0 fully saturated rings. The molecule has 0 atom stereocenters. The van der Waals surface area contributed by atoms with Crippen LogP contribution in [0.3, 0.4) is 0 Å². The number of rotatable bonds is 8. The van der Waals surface area contributed by atoms with Gasteiger partial charge < -0.3 is 15.4 Å². The Bertz CT molecular complexity index is 1460. The van der Waals surface area contributed by atoms with Gasteiger partial charge in [0.15, 0.2) is 12.3 Å². The van der Waals surface area contributed by atoms with E-state index in [0.29, 0.717) is 40.2 Å². The van der Waals surface area contributed by atoms with Crippen LogP contribution in [0, 0.1) is 12.8 Å². The SMILES string of the molecule is Cc1nn(C)c2nc(-c3ccccc3)cc(C(=O)OCC(=O)Nc3ccccc3C(=O)NCC(C)C)c12. The van der Waals surface area contributed by atoms with E-state index >= 15 is 0 Å². The van der Waals surface area contributed by atoms with Gasteiger partial charge in [0.05, 0.1) is 33.6 Å². The van der Waals surface area contributed by atoms with Crippen molar-refractivity contribution in [1.82, 2.24) is 20.1 Å². The number of fused-ring (bicyclic) bond motifs is 1. The summed E-state index contributed by atoms with van der Waals surface area (Å²) in [5, 5.41) is 10.5. The predicted molar refractivity (Wildman–Crippen MR) is 141 cm³/mol. The van der Waals surface area contributed by atoms with Crippen molar-refractivity contribution in [3.63, 3.8) is 0 Å². The lowest BCUT2D eigenvalue weighted by Gasteiger charge is -2.13. The first-order chi connectivity index (χ1) is 17.7. The Morgan fingerprint density at radius 1 is 1.00 bits per heavy atom. The summed E-state index contributed by atoms with van der Waals surface area (Å²) in [6, 6.07) is 17.8. The van der Waals surface area contributed by atoms with E-state index in [4.69, 9.17) is 4.74 Å². The van der Waals surface area contributed by atoms with Crippen molar-refractivity contribution in [2.75, 3.05) is 18.5 Å². The molecule has 2 N–H and O–H groups in total. The molecule has 4 aromatic rings. The number of hydrogen-bond acceptors (Lipinski definition) is 6. The van der Waals surface area contributed by atoms with Crippen LogP contribution in [0.1, 0.15) is 40.3 Å². The van der Waals surface area contributed by atoms with E-state index in [1.54, 1.807) is 49.0 Å². The molecule has 9 nitrogen and oxygen atoms in total. The van der Waals surface area contributed by atoms with Gasteiger partial charge in [-0.3, -0.25) is 14.3 Å². The third-order valence-electron chi connectivity index (χ3n) is 5.71. The molecule has 0 bridgehead atoms. The van der Waals surface area contributed by atoms with Gasteiger partial charge in [-0.05, 0) is 31.0 Å². The summed E-state index contributed by atoms with van der Waals surface area (Å²) in [6.07, 6.45) is 0. The van der Waals surface area contributed by atoms with Crippen LogP contribution in [0.5, 0.6) is 0 Å². The van der Waals surface area contributed by atoms with Crippen molar-refractivity contribution in [3.05, 3.63) is 77.5 Å². The molecular weight excluding hydrogens is 470 g/mol. The molecule has 0 aliphatic heterocycles. The Kier molecular flexibility index (Phi) is 7.62. The van der Waals surface area contributed by atoms with Crippen LogP contribution >= 0.6 is 0 Å². The maximum atomic E-state index is 13.2. The standard InChI is InChI=1S/C28H29N5O4/c1-17(2)15-29-27(35)20-12-8-9-13-22(20)30-24(34)16-37-28(36)21-14-23(19-10-6-5-7-11-19)31-26-25(21)18(3)32-33(26)4/h5-14,17H,15-16H2,1-4H3,(H,29,35)(H,30,34). The van der Waals surface area contributed by atoms with Crippen molar-refractivity contribution < 1.29 is 19.1 Å². The van der Waals surface area contributed by atoms with Crippen molar-refractivity contribution >= 4 is 34.5 Å². The maximum Gasteiger partial charge on any atom is 0.339 e. The number of carbonyl (C=O) groups is 3. The fourth-order valence-corrected chi connectivity index (χ4v) is 3.94. The van der Waals surface area contributed by atoms with Gasteiger partial charge in [-0.1, -0.05) is 56.3 Å². The summed E-state index contributed by atoms with van der Waals surface area (Å²) >= 11 is 0. The van der Waals surface area contributed by atoms with Crippen molar-refractivity contribution in [1.29, 1.82) is 0 Å². The lowest BCUT2D eigenvalue weighted by atomic mass is 10.1. The topological polar surface area (TPSA) is 115 Å². The summed E-state index contributed by atoms with van der Waals surface area (Å²) in [5.41, 5.74) is 3.54. The van der Waals surface area contributed by atoms with Gasteiger partial charge in [-0.2, -0.15) is 5.10 Å². The second-order valence-electron chi connectivity index (χ2n) is 9.10. The average Bonchev–Trinajstić information content (AvgIpc) is 3.19. The number of aryl methyl sites for hydroxylation is 2. The number of benzene rings is 2. The first kappa shape index (κ1) is 25.6.